The van der Waals surface area contributed by atoms with E-state index in [1.54, 1.807) is 25.6 Å². The van der Waals surface area contributed by atoms with E-state index in [-0.39, 0.29) is 5.91 Å². The molecule has 7 heteroatoms. The summed E-state index contributed by atoms with van der Waals surface area (Å²) in [5.41, 5.74) is 1.68. The van der Waals surface area contributed by atoms with Crippen molar-refractivity contribution >= 4 is 33.1 Å². The van der Waals surface area contributed by atoms with Gasteiger partial charge in [0.15, 0.2) is 6.54 Å². The molecule has 1 aliphatic rings. The Bertz CT molecular complexity index is 941. The van der Waals surface area contributed by atoms with Crippen molar-refractivity contribution in [2.45, 2.75) is 18.8 Å². The molecule has 6 nitrogen and oxygen atoms in total. The van der Waals surface area contributed by atoms with E-state index in [1.165, 1.54) is 14.6 Å². The number of nitrogens with one attached hydrogen (secondary N) is 2. The molecule has 4 rings (SSSR count). The SMILES string of the molecule is COc1cccc(OC)c1NC(=O)C[NH+]1CCC(c2nc3ccccc3s2)CC1. The van der Waals surface area contributed by atoms with E-state index in [0.717, 1.165) is 31.4 Å². The molecule has 152 valence electrons. The molecule has 1 saturated heterocycles. The normalized spacial score (nSPS) is 19.1. The molecule has 2 N–H and O–H groups in total. The predicted molar refractivity (Wildman–Crippen MR) is 115 cm³/mol. The molecule has 2 heterocycles. The van der Waals surface area contributed by atoms with Gasteiger partial charge in [0.2, 0.25) is 0 Å². The van der Waals surface area contributed by atoms with Crippen LogP contribution in [0.15, 0.2) is 42.5 Å². The predicted octanol–water partition coefficient (Wildman–Crippen LogP) is 2.71. The summed E-state index contributed by atoms with van der Waals surface area (Å²) in [6, 6.07) is 13.8. The number of carbonyl (C=O) groups is 1. The number of carbonyl (C=O) groups excluding carboxylic acids is 1. The van der Waals surface area contributed by atoms with Gasteiger partial charge < -0.3 is 19.7 Å². The zero-order valence-corrected chi connectivity index (χ0v) is 17.6. The standard InChI is InChI=1S/C22H25N3O3S/c1-27-17-7-5-8-18(28-2)21(17)24-20(26)14-25-12-10-15(11-13-25)22-23-16-6-3-4-9-19(16)29-22/h3-9,15H,10-14H2,1-2H3,(H,24,26)/p+1. The maximum Gasteiger partial charge on any atom is 0.279 e. The Morgan fingerprint density at radius 3 is 2.45 bits per heavy atom. The molecule has 29 heavy (non-hydrogen) atoms. The monoisotopic (exact) mass is 412 g/mol. The zero-order chi connectivity index (χ0) is 20.2. The summed E-state index contributed by atoms with van der Waals surface area (Å²) in [4.78, 5) is 18.8. The number of benzene rings is 2. The van der Waals surface area contributed by atoms with Crippen LogP contribution in [0.5, 0.6) is 11.5 Å². The number of ether oxygens (including phenoxy) is 2. The van der Waals surface area contributed by atoms with E-state index in [9.17, 15) is 4.79 Å². The Morgan fingerprint density at radius 1 is 1.10 bits per heavy atom. The van der Waals surface area contributed by atoms with Crippen LogP contribution in [0.2, 0.25) is 0 Å². The van der Waals surface area contributed by atoms with Crippen LogP contribution in [-0.4, -0.2) is 44.7 Å². The molecule has 0 aliphatic carbocycles. The molecule has 1 amide bonds. The highest BCUT2D eigenvalue weighted by Crippen LogP contribution is 2.34. The van der Waals surface area contributed by atoms with Crippen LogP contribution in [0.1, 0.15) is 23.8 Å². The number of fused-ring (bicyclic) bond motifs is 1. The lowest BCUT2D eigenvalue weighted by molar-refractivity contribution is -0.897. The number of aromatic nitrogens is 1. The van der Waals surface area contributed by atoms with Gasteiger partial charge in [0.05, 0.1) is 42.5 Å². The Morgan fingerprint density at radius 2 is 1.79 bits per heavy atom. The van der Waals surface area contributed by atoms with Gasteiger partial charge in [0.25, 0.3) is 5.91 Å². The highest BCUT2D eigenvalue weighted by molar-refractivity contribution is 7.18. The average molecular weight is 413 g/mol. The molecule has 0 radical (unpaired) electrons. The van der Waals surface area contributed by atoms with Crippen molar-refractivity contribution in [3.05, 3.63) is 47.5 Å². The van der Waals surface area contributed by atoms with Gasteiger partial charge in [-0.15, -0.1) is 11.3 Å². The van der Waals surface area contributed by atoms with Crippen LogP contribution in [0.3, 0.4) is 0 Å². The number of hydrogen-bond acceptors (Lipinski definition) is 5. The number of methoxy groups -OCH3 is 2. The minimum absolute atomic E-state index is 0.0266. The van der Waals surface area contributed by atoms with Crippen molar-refractivity contribution in [2.24, 2.45) is 0 Å². The minimum atomic E-state index is -0.0266. The summed E-state index contributed by atoms with van der Waals surface area (Å²) in [6.07, 6.45) is 2.11. The second kappa shape index (κ2) is 8.80. The van der Waals surface area contributed by atoms with Crippen LogP contribution in [0.25, 0.3) is 10.2 Å². The fourth-order valence-corrected chi connectivity index (χ4v) is 5.04. The van der Waals surface area contributed by atoms with Crippen LogP contribution < -0.4 is 19.7 Å². The Balaban J connectivity index is 1.34. The summed E-state index contributed by atoms with van der Waals surface area (Å²) >= 11 is 1.80. The number of quaternary nitrogens is 1. The van der Waals surface area contributed by atoms with Crippen molar-refractivity contribution in [3.63, 3.8) is 0 Å². The van der Waals surface area contributed by atoms with Crippen LogP contribution in [0.4, 0.5) is 5.69 Å². The van der Waals surface area contributed by atoms with Crippen molar-refractivity contribution in [1.29, 1.82) is 0 Å². The highest BCUT2D eigenvalue weighted by Gasteiger charge is 2.27. The molecular formula is C22H26N3O3S+. The second-order valence-corrected chi connectivity index (χ2v) is 8.37. The summed E-state index contributed by atoms with van der Waals surface area (Å²) in [7, 11) is 3.17. The number of piperidine rings is 1. The first-order valence-corrected chi connectivity index (χ1v) is 10.7. The van der Waals surface area contributed by atoms with E-state index in [1.807, 2.05) is 24.3 Å². The molecule has 3 aromatic rings. The molecule has 1 aliphatic heterocycles. The number of nitrogens with zero attached hydrogens (tertiary/aromatic N) is 1. The molecule has 1 fully saturated rings. The first-order chi connectivity index (χ1) is 14.2. The van der Waals surface area contributed by atoms with Crippen molar-refractivity contribution in [2.75, 3.05) is 39.2 Å². The Labute approximate surface area is 174 Å². The quantitative estimate of drug-likeness (QED) is 0.653. The van der Waals surface area contributed by atoms with Gasteiger partial charge in [-0.25, -0.2) is 4.98 Å². The summed E-state index contributed by atoms with van der Waals surface area (Å²) < 4.78 is 12.0. The van der Waals surface area contributed by atoms with Gasteiger partial charge in [-0.1, -0.05) is 18.2 Å². The Kier molecular flexibility index (Phi) is 5.97. The smallest absolute Gasteiger partial charge is 0.279 e. The maximum absolute atomic E-state index is 12.6. The number of rotatable bonds is 6. The van der Waals surface area contributed by atoms with E-state index in [4.69, 9.17) is 14.5 Å². The van der Waals surface area contributed by atoms with Crippen molar-refractivity contribution < 1.29 is 19.2 Å². The molecule has 1 aromatic heterocycles. The average Bonchev–Trinajstić information content (AvgIpc) is 3.18. The zero-order valence-electron chi connectivity index (χ0n) is 16.7. The highest BCUT2D eigenvalue weighted by atomic mass is 32.1. The maximum atomic E-state index is 12.6. The van der Waals surface area contributed by atoms with Crippen molar-refractivity contribution in [1.82, 2.24) is 4.98 Å². The largest absolute Gasteiger partial charge is 0.494 e. The molecule has 0 spiro atoms. The first-order valence-electron chi connectivity index (χ1n) is 9.88. The summed E-state index contributed by atoms with van der Waals surface area (Å²) in [5.74, 6) is 1.67. The number of amides is 1. The lowest BCUT2D eigenvalue weighted by Crippen LogP contribution is -3.14. The number of likely N-dealkylation sites (tertiary alicyclic amines) is 1. The van der Waals surface area contributed by atoms with E-state index >= 15 is 0 Å². The molecule has 2 aromatic carbocycles. The van der Waals surface area contributed by atoms with Gasteiger partial charge in [0, 0.05) is 18.8 Å². The summed E-state index contributed by atoms with van der Waals surface area (Å²) in [6.45, 7) is 2.38. The molecule has 0 unspecified atom stereocenters. The van der Waals surface area contributed by atoms with Gasteiger partial charge >= 0.3 is 0 Å². The van der Waals surface area contributed by atoms with E-state index in [2.05, 4.69) is 23.5 Å². The lowest BCUT2D eigenvalue weighted by atomic mass is 9.97. The number of thiazole rings is 1. The van der Waals surface area contributed by atoms with Gasteiger partial charge in [-0.05, 0) is 24.3 Å². The van der Waals surface area contributed by atoms with Gasteiger partial charge in [-0.2, -0.15) is 0 Å². The minimum Gasteiger partial charge on any atom is -0.494 e. The van der Waals surface area contributed by atoms with Gasteiger partial charge in [0.1, 0.15) is 17.2 Å². The molecule has 0 atom stereocenters. The van der Waals surface area contributed by atoms with E-state index in [0.29, 0.717) is 29.6 Å². The van der Waals surface area contributed by atoms with Crippen LogP contribution >= 0.6 is 11.3 Å². The molecular weight excluding hydrogens is 386 g/mol. The van der Waals surface area contributed by atoms with Crippen molar-refractivity contribution in [3.8, 4) is 11.5 Å². The van der Waals surface area contributed by atoms with Crippen LogP contribution in [-0.2, 0) is 4.79 Å². The Hall–Kier alpha value is -2.64. The first kappa shape index (κ1) is 19.7. The molecule has 0 saturated carbocycles. The second-order valence-electron chi connectivity index (χ2n) is 7.31. The third kappa shape index (κ3) is 4.36. The number of anilines is 1. The lowest BCUT2D eigenvalue weighted by Gasteiger charge is -2.28. The molecule has 0 bridgehead atoms. The topological polar surface area (TPSA) is 64.9 Å². The van der Waals surface area contributed by atoms with Crippen LogP contribution in [0, 0.1) is 0 Å². The summed E-state index contributed by atoms with van der Waals surface area (Å²) in [5, 5.41) is 4.20. The fourth-order valence-electron chi connectivity index (χ4n) is 3.90. The third-order valence-electron chi connectivity index (χ3n) is 5.46. The number of para-hydroxylation sites is 2. The van der Waals surface area contributed by atoms with Gasteiger partial charge in [-0.3, -0.25) is 4.79 Å². The van der Waals surface area contributed by atoms with E-state index < -0.39 is 0 Å². The fraction of sp³-hybridized carbons (Fsp3) is 0.364. The number of hydrogen-bond donors (Lipinski definition) is 2. The third-order valence-corrected chi connectivity index (χ3v) is 6.65.